The minimum absolute atomic E-state index is 0.191. The van der Waals surface area contributed by atoms with E-state index in [9.17, 15) is 8.42 Å². The summed E-state index contributed by atoms with van der Waals surface area (Å²) in [5, 5.41) is 0.962. The summed E-state index contributed by atoms with van der Waals surface area (Å²) in [6.07, 6.45) is 10.1. The van der Waals surface area contributed by atoms with E-state index in [4.69, 9.17) is 10.5 Å². The van der Waals surface area contributed by atoms with E-state index in [-0.39, 0.29) is 11.7 Å². The molecule has 2 aromatic heterocycles. The topological polar surface area (TPSA) is 112 Å². The van der Waals surface area contributed by atoms with E-state index in [2.05, 4.69) is 19.3 Å². The van der Waals surface area contributed by atoms with E-state index < -0.39 is 10.0 Å². The van der Waals surface area contributed by atoms with Crippen molar-refractivity contribution in [1.29, 1.82) is 0 Å². The number of fused-ring (bicyclic) bond motifs is 1. The van der Waals surface area contributed by atoms with E-state index >= 15 is 0 Å². The number of nitrogens with two attached hydrogens (primary N) is 1. The Hall–Kier alpha value is -3.59. The Kier molecular flexibility index (Phi) is 5.36. The van der Waals surface area contributed by atoms with Gasteiger partial charge in [0.1, 0.15) is 5.75 Å². The van der Waals surface area contributed by atoms with E-state index in [1.807, 2.05) is 42.5 Å². The van der Waals surface area contributed by atoms with Crippen LogP contribution in [0.3, 0.4) is 0 Å². The van der Waals surface area contributed by atoms with Gasteiger partial charge in [0.2, 0.25) is 15.9 Å². The van der Waals surface area contributed by atoms with E-state index in [1.54, 1.807) is 18.6 Å². The second-order valence-corrected chi connectivity index (χ2v) is 11.2. The first-order valence-electron chi connectivity index (χ1n) is 11.9. The molecule has 2 aliphatic carbocycles. The van der Waals surface area contributed by atoms with E-state index in [0.29, 0.717) is 29.0 Å². The summed E-state index contributed by atoms with van der Waals surface area (Å²) in [5.41, 5.74) is 10.8. The van der Waals surface area contributed by atoms with Crippen LogP contribution in [0.4, 0.5) is 11.4 Å². The summed E-state index contributed by atoms with van der Waals surface area (Å²) in [6.45, 7) is 0. The molecule has 2 saturated carbocycles. The summed E-state index contributed by atoms with van der Waals surface area (Å²) in [7, 11) is -3.35. The van der Waals surface area contributed by atoms with Crippen LogP contribution in [0.2, 0.25) is 0 Å². The first-order valence-corrected chi connectivity index (χ1v) is 13.6. The molecule has 6 rings (SSSR count). The maximum absolute atomic E-state index is 12.5. The minimum atomic E-state index is -3.35. The van der Waals surface area contributed by atoms with E-state index in [1.165, 1.54) is 0 Å². The van der Waals surface area contributed by atoms with Crippen molar-refractivity contribution in [3.63, 3.8) is 0 Å². The number of anilines is 2. The van der Waals surface area contributed by atoms with Crippen molar-refractivity contribution in [3.05, 3.63) is 61.1 Å². The number of aromatic nitrogens is 3. The molecule has 0 radical (unpaired) electrons. The quantitative estimate of drug-likeness (QED) is 0.345. The molecule has 2 fully saturated rings. The second kappa shape index (κ2) is 8.57. The van der Waals surface area contributed by atoms with E-state index in [0.717, 1.165) is 54.3 Å². The molecule has 9 heteroatoms. The molecular formula is C26H27N5O3S. The van der Waals surface area contributed by atoms with Crippen molar-refractivity contribution in [2.24, 2.45) is 5.92 Å². The lowest BCUT2D eigenvalue weighted by molar-refractivity contribution is 0.347. The molecule has 8 nitrogen and oxygen atoms in total. The normalized spacial score (nSPS) is 16.2. The van der Waals surface area contributed by atoms with Gasteiger partial charge in [0, 0.05) is 41.1 Å². The summed E-state index contributed by atoms with van der Waals surface area (Å²) in [4.78, 5) is 8.24. The van der Waals surface area contributed by atoms with Gasteiger partial charge in [-0.3, -0.25) is 9.71 Å². The third kappa shape index (κ3) is 4.43. The zero-order valence-electron chi connectivity index (χ0n) is 19.2. The standard InChI is InChI=1S/C26H27N5O3S/c27-25-22-11-10-21(34-24-15-28-12-13-29-24)14-23(22)31(20-8-9-20)26(25)18-4-6-19(7-5-18)30-35(32,33)16-17-2-1-3-17/h4-7,10-15,17,20,30H,1-3,8-9,16,27H2. The molecule has 0 unspecified atom stereocenters. The summed E-state index contributed by atoms with van der Waals surface area (Å²) >= 11 is 0. The van der Waals surface area contributed by atoms with Gasteiger partial charge in [0.15, 0.2) is 0 Å². The SMILES string of the molecule is Nc1c(-c2ccc(NS(=O)(=O)CC3CCC3)cc2)n(C2CC2)c2cc(Oc3cnccn3)ccc12. The van der Waals surface area contributed by atoms with Gasteiger partial charge in [-0.2, -0.15) is 0 Å². The molecule has 2 aromatic carbocycles. The van der Waals surface area contributed by atoms with Gasteiger partial charge >= 0.3 is 0 Å². The maximum Gasteiger partial charge on any atom is 0.237 e. The summed E-state index contributed by atoms with van der Waals surface area (Å²) < 4.78 is 35.9. The highest BCUT2D eigenvalue weighted by Crippen LogP contribution is 2.47. The highest BCUT2D eigenvalue weighted by atomic mass is 32.2. The summed E-state index contributed by atoms with van der Waals surface area (Å²) in [6, 6.07) is 13.7. The number of nitrogen functional groups attached to an aromatic ring is 1. The predicted octanol–water partition coefficient (Wildman–Crippen LogP) is 5.35. The van der Waals surface area contributed by atoms with Gasteiger partial charge in [-0.25, -0.2) is 13.4 Å². The first-order chi connectivity index (χ1) is 17.0. The molecule has 180 valence electrons. The van der Waals surface area contributed by atoms with Crippen molar-refractivity contribution < 1.29 is 13.2 Å². The Balaban J connectivity index is 1.32. The minimum Gasteiger partial charge on any atom is -0.437 e. The molecule has 0 saturated heterocycles. The van der Waals surface area contributed by atoms with Gasteiger partial charge < -0.3 is 15.0 Å². The van der Waals surface area contributed by atoms with Crippen LogP contribution in [0.5, 0.6) is 11.6 Å². The van der Waals surface area contributed by atoms with Gasteiger partial charge in [-0.05, 0) is 55.9 Å². The Morgan fingerprint density at radius 2 is 1.86 bits per heavy atom. The molecule has 0 spiro atoms. The van der Waals surface area contributed by atoms with Crippen LogP contribution in [0.25, 0.3) is 22.2 Å². The van der Waals surface area contributed by atoms with Crippen LogP contribution in [0, 0.1) is 5.92 Å². The Morgan fingerprint density at radius 1 is 1.06 bits per heavy atom. The monoisotopic (exact) mass is 489 g/mol. The molecule has 4 aromatic rings. The largest absolute Gasteiger partial charge is 0.437 e. The zero-order chi connectivity index (χ0) is 24.0. The van der Waals surface area contributed by atoms with Crippen molar-refractivity contribution in [2.75, 3.05) is 16.2 Å². The van der Waals surface area contributed by atoms with Crippen LogP contribution in [0.1, 0.15) is 38.1 Å². The van der Waals surface area contributed by atoms with Crippen molar-refractivity contribution in [1.82, 2.24) is 14.5 Å². The lowest BCUT2D eigenvalue weighted by Crippen LogP contribution is -2.26. The predicted molar refractivity (Wildman–Crippen MR) is 137 cm³/mol. The number of rotatable bonds is 8. The highest BCUT2D eigenvalue weighted by molar-refractivity contribution is 7.92. The van der Waals surface area contributed by atoms with Crippen LogP contribution in [-0.4, -0.2) is 28.7 Å². The average molecular weight is 490 g/mol. The molecular weight excluding hydrogens is 462 g/mol. The number of ether oxygens (including phenoxy) is 1. The summed E-state index contributed by atoms with van der Waals surface area (Å²) in [5.74, 6) is 1.57. The zero-order valence-corrected chi connectivity index (χ0v) is 20.0. The fourth-order valence-corrected chi connectivity index (χ4v) is 6.26. The molecule has 0 amide bonds. The Labute approximate surface area is 204 Å². The molecule has 2 aliphatic rings. The van der Waals surface area contributed by atoms with Gasteiger partial charge in [-0.15, -0.1) is 0 Å². The Morgan fingerprint density at radius 3 is 2.51 bits per heavy atom. The fraction of sp³-hybridized carbons (Fsp3) is 0.308. The number of hydrogen-bond donors (Lipinski definition) is 2. The smallest absolute Gasteiger partial charge is 0.237 e. The van der Waals surface area contributed by atoms with Crippen LogP contribution < -0.4 is 15.2 Å². The van der Waals surface area contributed by atoms with Crippen molar-refractivity contribution in [2.45, 2.75) is 38.1 Å². The average Bonchev–Trinajstić information content (AvgIpc) is 3.62. The van der Waals surface area contributed by atoms with Crippen molar-refractivity contribution >= 4 is 32.3 Å². The lowest BCUT2D eigenvalue weighted by Gasteiger charge is -2.25. The number of hydrogen-bond acceptors (Lipinski definition) is 6. The van der Waals surface area contributed by atoms with Gasteiger partial charge in [-0.1, -0.05) is 18.6 Å². The molecule has 0 aliphatic heterocycles. The molecule has 2 heterocycles. The molecule has 0 bridgehead atoms. The first kappa shape index (κ1) is 21.9. The third-order valence-corrected chi connectivity index (χ3v) is 8.26. The number of nitrogens with one attached hydrogen (secondary N) is 1. The number of nitrogens with zero attached hydrogens (tertiary/aromatic N) is 3. The van der Waals surface area contributed by atoms with Crippen LogP contribution in [-0.2, 0) is 10.0 Å². The molecule has 3 N–H and O–H groups in total. The maximum atomic E-state index is 12.5. The van der Waals surface area contributed by atoms with Gasteiger partial charge in [0.05, 0.1) is 28.8 Å². The number of benzene rings is 2. The lowest BCUT2D eigenvalue weighted by atomic mass is 9.87. The van der Waals surface area contributed by atoms with Crippen LogP contribution in [0.15, 0.2) is 61.1 Å². The molecule has 0 atom stereocenters. The Bertz CT molecular complexity index is 1480. The second-order valence-electron chi connectivity index (χ2n) is 9.45. The van der Waals surface area contributed by atoms with Gasteiger partial charge in [0.25, 0.3) is 0 Å². The van der Waals surface area contributed by atoms with Crippen molar-refractivity contribution in [3.8, 4) is 22.9 Å². The number of sulfonamides is 1. The molecule has 35 heavy (non-hydrogen) atoms. The third-order valence-electron chi connectivity index (χ3n) is 6.80. The highest BCUT2D eigenvalue weighted by Gasteiger charge is 2.30. The van der Waals surface area contributed by atoms with Crippen LogP contribution >= 0.6 is 0 Å². The fourth-order valence-electron chi connectivity index (χ4n) is 4.73.